The number of carbonyl (C=O) groups is 2. The molecule has 198 valence electrons. The van der Waals surface area contributed by atoms with E-state index in [1.807, 2.05) is 51.1 Å². The van der Waals surface area contributed by atoms with Crippen molar-refractivity contribution >= 4 is 17.7 Å². The SMILES string of the molecule is [C-]#[N+]c1c(-c2ccc(Oc3ccccc3)nc2)nn(C2CCCN(C(=O)OC(C)(C)C)C2)c1C(=O)OCC. The van der Waals surface area contributed by atoms with Crippen LogP contribution in [0.4, 0.5) is 10.5 Å². The number of carbonyl (C=O) groups excluding carboxylic acids is 2. The topological polar surface area (TPSA) is 100 Å². The summed E-state index contributed by atoms with van der Waals surface area (Å²) in [6, 6.07) is 12.4. The summed E-state index contributed by atoms with van der Waals surface area (Å²) in [6.45, 7) is 16.0. The lowest BCUT2D eigenvalue weighted by atomic mass is 10.1. The minimum Gasteiger partial charge on any atom is -0.462 e. The van der Waals surface area contributed by atoms with Crippen molar-refractivity contribution in [1.82, 2.24) is 19.7 Å². The summed E-state index contributed by atoms with van der Waals surface area (Å²) >= 11 is 0. The number of esters is 1. The van der Waals surface area contributed by atoms with Gasteiger partial charge < -0.3 is 19.1 Å². The van der Waals surface area contributed by atoms with Crippen molar-refractivity contribution in [2.75, 3.05) is 19.7 Å². The first-order valence-electron chi connectivity index (χ1n) is 12.5. The Morgan fingerprint density at radius 3 is 2.55 bits per heavy atom. The van der Waals surface area contributed by atoms with Crippen LogP contribution < -0.4 is 4.74 Å². The number of likely N-dealkylation sites (tertiary alicyclic amines) is 1. The smallest absolute Gasteiger partial charge is 0.410 e. The van der Waals surface area contributed by atoms with Gasteiger partial charge in [-0.2, -0.15) is 5.10 Å². The third-order valence-corrected chi connectivity index (χ3v) is 5.84. The summed E-state index contributed by atoms with van der Waals surface area (Å²) in [7, 11) is 0. The zero-order chi connectivity index (χ0) is 27.3. The number of rotatable bonds is 6. The van der Waals surface area contributed by atoms with Crippen LogP contribution in [0.5, 0.6) is 11.6 Å². The van der Waals surface area contributed by atoms with Crippen molar-refractivity contribution < 1.29 is 23.8 Å². The molecule has 3 heterocycles. The Bertz CT molecular complexity index is 1320. The molecule has 1 amide bonds. The second-order valence-electron chi connectivity index (χ2n) is 9.85. The zero-order valence-electron chi connectivity index (χ0n) is 22.0. The van der Waals surface area contributed by atoms with Gasteiger partial charge in [-0.15, -0.1) is 0 Å². The highest BCUT2D eigenvalue weighted by Gasteiger charge is 2.34. The van der Waals surface area contributed by atoms with E-state index in [9.17, 15) is 9.59 Å². The van der Waals surface area contributed by atoms with Crippen LogP contribution in [-0.2, 0) is 9.47 Å². The lowest BCUT2D eigenvalue weighted by Gasteiger charge is -2.34. The number of para-hydroxylation sites is 1. The summed E-state index contributed by atoms with van der Waals surface area (Å²) in [4.78, 5) is 35.4. The molecule has 0 aliphatic carbocycles. The van der Waals surface area contributed by atoms with E-state index in [0.717, 1.165) is 0 Å². The maximum absolute atomic E-state index is 13.0. The zero-order valence-corrected chi connectivity index (χ0v) is 22.0. The number of hydrogen-bond donors (Lipinski definition) is 0. The third-order valence-electron chi connectivity index (χ3n) is 5.84. The average molecular weight is 518 g/mol. The molecule has 0 saturated carbocycles. The van der Waals surface area contributed by atoms with Crippen molar-refractivity contribution in [3.63, 3.8) is 0 Å². The van der Waals surface area contributed by atoms with E-state index in [0.29, 0.717) is 48.8 Å². The predicted octanol–water partition coefficient (Wildman–Crippen LogP) is 6.04. The van der Waals surface area contributed by atoms with Crippen LogP contribution >= 0.6 is 0 Å². The summed E-state index contributed by atoms with van der Waals surface area (Å²) in [6.07, 6.45) is 2.51. The van der Waals surface area contributed by atoms with Gasteiger partial charge >= 0.3 is 12.1 Å². The molecular weight excluding hydrogens is 486 g/mol. The Morgan fingerprint density at radius 1 is 1.16 bits per heavy atom. The molecule has 4 rings (SSSR count). The van der Waals surface area contributed by atoms with Crippen LogP contribution in [0.15, 0.2) is 48.7 Å². The summed E-state index contributed by atoms with van der Waals surface area (Å²) < 4.78 is 18.1. The molecular formula is C28H31N5O5. The molecule has 0 radical (unpaired) electrons. The average Bonchev–Trinajstić information content (AvgIpc) is 3.29. The van der Waals surface area contributed by atoms with Gasteiger partial charge in [0, 0.05) is 30.9 Å². The van der Waals surface area contributed by atoms with Gasteiger partial charge in [0.2, 0.25) is 11.6 Å². The van der Waals surface area contributed by atoms with Gasteiger partial charge in [0.05, 0.1) is 19.2 Å². The Labute approximate surface area is 222 Å². The number of pyridine rings is 1. The van der Waals surface area contributed by atoms with Crippen molar-refractivity contribution in [3.05, 3.63) is 65.8 Å². The predicted molar refractivity (Wildman–Crippen MR) is 140 cm³/mol. The van der Waals surface area contributed by atoms with E-state index >= 15 is 0 Å². The lowest BCUT2D eigenvalue weighted by Crippen LogP contribution is -2.44. The van der Waals surface area contributed by atoms with Crippen molar-refractivity contribution in [3.8, 4) is 22.9 Å². The quantitative estimate of drug-likeness (QED) is 0.290. The Kier molecular flexibility index (Phi) is 7.96. The van der Waals surface area contributed by atoms with Gasteiger partial charge in [-0.3, -0.25) is 4.68 Å². The minimum atomic E-state index is -0.636. The van der Waals surface area contributed by atoms with E-state index in [2.05, 4.69) is 9.83 Å². The maximum Gasteiger partial charge on any atom is 0.410 e. The Balaban J connectivity index is 1.67. The normalized spacial score (nSPS) is 15.4. The van der Waals surface area contributed by atoms with Crippen molar-refractivity contribution in [2.24, 2.45) is 0 Å². The molecule has 2 aromatic heterocycles. The minimum absolute atomic E-state index is 0.0671. The van der Waals surface area contributed by atoms with Crippen LogP contribution in [0.2, 0.25) is 0 Å². The third kappa shape index (κ3) is 6.11. The second-order valence-corrected chi connectivity index (χ2v) is 9.85. The molecule has 10 nitrogen and oxygen atoms in total. The molecule has 1 fully saturated rings. The number of amides is 1. The molecule has 3 aromatic rings. The number of nitrogens with zero attached hydrogens (tertiary/aromatic N) is 5. The van der Waals surface area contributed by atoms with Crippen molar-refractivity contribution in [2.45, 2.75) is 52.2 Å². The summed E-state index contributed by atoms with van der Waals surface area (Å²) in [5.74, 6) is 0.397. The fraction of sp³-hybridized carbons (Fsp3) is 0.393. The van der Waals surface area contributed by atoms with Crippen LogP contribution in [0, 0.1) is 6.57 Å². The first kappa shape index (κ1) is 26.7. The highest BCUT2D eigenvalue weighted by atomic mass is 16.6. The van der Waals surface area contributed by atoms with Gasteiger partial charge in [-0.25, -0.2) is 19.4 Å². The van der Waals surface area contributed by atoms with Gasteiger partial charge in [-0.05, 0) is 58.7 Å². The highest BCUT2D eigenvalue weighted by molar-refractivity contribution is 5.98. The van der Waals surface area contributed by atoms with E-state index in [-0.39, 0.29) is 24.0 Å². The molecule has 1 aliphatic rings. The van der Waals surface area contributed by atoms with Gasteiger partial charge in [0.1, 0.15) is 17.0 Å². The summed E-state index contributed by atoms with van der Waals surface area (Å²) in [5, 5.41) is 4.70. The number of piperidine rings is 1. The molecule has 0 N–H and O–H groups in total. The lowest BCUT2D eigenvalue weighted by molar-refractivity contribution is 0.0165. The molecule has 1 saturated heterocycles. The molecule has 1 aromatic carbocycles. The van der Waals surface area contributed by atoms with Crippen molar-refractivity contribution in [1.29, 1.82) is 0 Å². The number of ether oxygens (including phenoxy) is 3. The van der Waals surface area contributed by atoms with Crippen LogP contribution in [-0.4, -0.2) is 57.0 Å². The fourth-order valence-electron chi connectivity index (χ4n) is 4.22. The van der Waals surface area contributed by atoms with Crippen LogP contribution in [0.25, 0.3) is 16.1 Å². The molecule has 10 heteroatoms. The fourth-order valence-corrected chi connectivity index (χ4v) is 4.22. The van der Waals surface area contributed by atoms with E-state index in [1.165, 1.54) is 4.68 Å². The van der Waals surface area contributed by atoms with Gasteiger partial charge in [0.25, 0.3) is 0 Å². The monoisotopic (exact) mass is 517 g/mol. The summed E-state index contributed by atoms with van der Waals surface area (Å²) in [5.41, 5.74) is 0.394. The number of aromatic nitrogens is 3. The van der Waals surface area contributed by atoms with Crippen LogP contribution in [0.3, 0.4) is 0 Å². The first-order valence-corrected chi connectivity index (χ1v) is 12.5. The molecule has 1 aliphatic heterocycles. The molecule has 1 unspecified atom stereocenters. The molecule has 38 heavy (non-hydrogen) atoms. The standard InChI is InChI=1S/C28H31N5O5/c1-6-36-26(34)25-24(29-5)23(19-14-15-22(30-17-19)37-21-12-8-7-9-13-21)31-33(25)20-11-10-16-32(18-20)27(35)38-28(2,3)4/h7-9,12-15,17,20H,6,10-11,16,18H2,1-4H3. The van der Waals surface area contributed by atoms with Gasteiger partial charge in [0.15, 0.2) is 5.69 Å². The largest absolute Gasteiger partial charge is 0.462 e. The Hall–Kier alpha value is -4.39. The molecule has 1 atom stereocenters. The van der Waals surface area contributed by atoms with E-state index < -0.39 is 17.7 Å². The Morgan fingerprint density at radius 2 is 1.92 bits per heavy atom. The first-order chi connectivity index (χ1) is 18.2. The van der Waals surface area contributed by atoms with E-state index in [4.69, 9.17) is 25.9 Å². The van der Waals surface area contributed by atoms with Gasteiger partial charge in [-0.1, -0.05) is 18.2 Å². The van der Waals surface area contributed by atoms with E-state index in [1.54, 1.807) is 30.2 Å². The van der Waals surface area contributed by atoms with Crippen LogP contribution in [0.1, 0.15) is 57.1 Å². The maximum atomic E-state index is 13.0. The molecule has 0 spiro atoms. The highest BCUT2D eigenvalue weighted by Crippen LogP contribution is 2.37. The second kappa shape index (κ2) is 11.3. The molecule has 0 bridgehead atoms. The number of benzene rings is 1. The number of hydrogen-bond acceptors (Lipinski definition) is 7.